The molecule has 17 heavy (non-hydrogen) atoms. The highest BCUT2D eigenvalue weighted by Crippen LogP contribution is 2.25. The molecule has 0 saturated heterocycles. The molecule has 0 spiro atoms. The molecule has 0 aromatic carbocycles. The van der Waals surface area contributed by atoms with E-state index in [0.717, 1.165) is 25.0 Å². The number of nitrogens with zero attached hydrogens (tertiary/aromatic N) is 1. The standard InChI is InChI=1S/C12H19IN2O2/c1-5-7-8-9(13)10(16)15-11(14-8)12(3,6-2)17-4/h5-7H2,1-4H3,(H,14,15,16). The lowest BCUT2D eigenvalue weighted by molar-refractivity contribution is -0.00940. The van der Waals surface area contributed by atoms with Gasteiger partial charge in [0.15, 0.2) is 0 Å². The Morgan fingerprint density at radius 3 is 2.59 bits per heavy atom. The number of aryl methyl sites for hydroxylation is 1. The number of nitrogens with one attached hydrogen (secondary N) is 1. The van der Waals surface area contributed by atoms with Gasteiger partial charge in [0.2, 0.25) is 0 Å². The van der Waals surface area contributed by atoms with Gasteiger partial charge < -0.3 is 9.72 Å². The average Bonchev–Trinajstić information content (AvgIpc) is 2.34. The minimum Gasteiger partial charge on any atom is -0.371 e. The topological polar surface area (TPSA) is 55.0 Å². The molecule has 0 amide bonds. The first-order chi connectivity index (χ1) is 7.98. The first-order valence-corrected chi connectivity index (χ1v) is 6.90. The summed E-state index contributed by atoms with van der Waals surface area (Å²) in [4.78, 5) is 19.2. The van der Waals surface area contributed by atoms with E-state index < -0.39 is 5.60 Å². The molecule has 0 saturated carbocycles. The van der Waals surface area contributed by atoms with Crippen LogP contribution in [-0.4, -0.2) is 17.1 Å². The minimum absolute atomic E-state index is 0.0734. The summed E-state index contributed by atoms with van der Waals surface area (Å²) in [5.74, 6) is 0.622. The quantitative estimate of drug-likeness (QED) is 0.831. The molecule has 0 aliphatic heterocycles. The fourth-order valence-electron chi connectivity index (χ4n) is 1.57. The molecule has 0 radical (unpaired) electrons. The van der Waals surface area contributed by atoms with Crippen LogP contribution in [0.1, 0.15) is 45.1 Å². The highest BCUT2D eigenvalue weighted by molar-refractivity contribution is 14.1. The molecule has 0 aliphatic carbocycles. The van der Waals surface area contributed by atoms with Crippen molar-refractivity contribution in [3.8, 4) is 0 Å². The molecule has 1 atom stereocenters. The number of hydrogen-bond donors (Lipinski definition) is 1. The Hall–Kier alpha value is -0.430. The van der Waals surface area contributed by atoms with Gasteiger partial charge in [0, 0.05) is 7.11 Å². The molecule has 5 heteroatoms. The first-order valence-electron chi connectivity index (χ1n) is 5.82. The minimum atomic E-state index is -0.522. The summed E-state index contributed by atoms with van der Waals surface area (Å²) in [5.41, 5.74) is 0.269. The van der Waals surface area contributed by atoms with E-state index in [-0.39, 0.29) is 5.56 Å². The molecule has 0 bridgehead atoms. The van der Waals surface area contributed by atoms with Gasteiger partial charge in [-0.1, -0.05) is 20.3 Å². The van der Waals surface area contributed by atoms with Crippen molar-refractivity contribution in [2.24, 2.45) is 0 Å². The van der Waals surface area contributed by atoms with E-state index in [9.17, 15) is 4.79 Å². The van der Waals surface area contributed by atoms with Gasteiger partial charge in [0.25, 0.3) is 5.56 Å². The predicted octanol–water partition coefficient (Wildman–Crippen LogP) is 2.60. The molecule has 1 N–H and O–H groups in total. The largest absolute Gasteiger partial charge is 0.371 e. The van der Waals surface area contributed by atoms with Crippen LogP contribution in [0, 0.1) is 3.57 Å². The zero-order valence-corrected chi connectivity index (χ0v) is 12.9. The molecule has 1 aromatic rings. The number of aromatic amines is 1. The van der Waals surface area contributed by atoms with Crippen molar-refractivity contribution in [2.75, 3.05) is 7.11 Å². The maximum absolute atomic E-state index is 11.9. The first kappa shape index (κ1) is 14.6. The zero-order valence-electron chi connectivity index (χ0n) is 10.8. The molecular formula is C12H19IN2O2. The van der Waals surface area contributed by atoms with Crippen LogP contribution in [0.15, 0.2) is 4.79 Å². The van der Waals surface area contributed by atoms with Gasteiger partial charge in [0.05, 0.1) is 9.26 Å². The molecule has 0 fully saturated rings. The lowest BCUT2D eigenvalue weighted by Crippen LogP contribution is -2.31. The van der Waals surface area contributed by atoms with Gasteiger partial charge in [-0.05, 0) is 42.4 Å². The highest BCUT2D eigenvalue weighted by atomic mass is 127. The number of aromatic nitrogens is 2. The Kier molecular flexibility index (Phi) is 5.12. The molecule has 1 unspecified atom stereocenters. The van der Waals surface area contributed by atoms with Gasteiger partial charge in [0.1, 0.15) is 11.4 Å². The van der Waals surface area contributed by atoms with Gasteiger partial charge in [-0.2, -0.15) is 0 Å². The third-order valence-electron chi connectivity index (χ3n) is 3.04. The van der Waals surface area contributed by atoms with Gasteiger partial charge in [-0.15, -0.1) is 0 Å². The lowest BCUT2D eigenvalue weighted by atomic mass is 10.0. The van der Waals surface area contributed by atoms with E-state index >= 15 is 0 Å². The van der Waals surface area contributed by atoms with E-state index in [1.807, 2.05) is 13.8 Å². The Morgan fingerprint density at radius 1 is 1.47 bits per heavy atom. The van der Waals surface area contributed by atoms with Crippen molar-refractivity contribution < 1.29 is 4.74 Å². The third-order valence-corrected chi connectivity index (χ3v) is 4.16. The van der Waals surface area contributed by atoms with Gasteiger partial charge >= 0.3 is 0 Å². The zero-order chi connectivity index (χ0) is 13.1. The van der Waals surface area contributed by atoms with Crippen LogP contribution in [0.3, 0.4) is 0 Å². The van der Waals surface area contributed by atoms with Crippen molar-refractivity contribution in [3.63, 3.8) is 0 Å². The summed E-state index contributed by atoms with van der Waals surface area (Å²) in [6.07, 6.45) is 2.55. The number of H-pyrrole nitrogens is 1. The van der Waals surface area contributed by atoms with E-state index in [2.05, 4.69) is 39.5 Å². The summed E-state index contributed by atoms with van der Waals surface area (Å²) in [6, 6.07) is 0. The van der Waals surface area contributed by atoms with Crippen molar-refractivity contribution in [2.45, 2.75) is 45.6 Å². The van der Waals surface area contributed by atoms with Gasteiger partial charge in [-0.3, -0.25) is 4.79 Å². The molecule has 96 valence electrons. The second-order valence-electron chi connectivity index (χ2n) is 4.21. The normalized spacial score (nSPS) is 14.6. The van der Waals surface area contributed by atoms with E-state index in [1.54, 1.807) is 7.11 Å². The molecule has 1 aromatic heterocycles. The molecular weight excluding hydrogens is 331 g/mol. The summed E-state index contributed by atoms with van der Waals surface area (Å²) < 4.78 is 6.15. The second kappa shape index (κ2) is 5.95. The maximum atomic E-state index is 11.9. The van der Waals surface area contributed by atoms with Crippen LogP contribution >= 0.6 is 22.6 Å². The van der Waals surface area contributed by atoms with Crippen molar-refractivity contribution >= 4 is 22.6 Å². The molecule has 0 aliphatic rings. The van der Waals surface area contributed by atoms with Crippen LogP contribution in [0.2, 0.25) is 0 Å². The number of rotatable bonds is 5. The van der Waals surface area contributed by atoms with Crippen LogP contribution in [-0.2, 0) is 16.8 Å². The van der Waals surface area contributed by atoms with E-state index in [0.29, 0.717) is 9.39 Å². The van der Waals surface area contributed by atoms with Crippen LogP contribution in [0.5, 0.6) is 0 Å². The Morgan fingerprint density at radius 2 is 2.12 bits per heavy atom. The lowest BCUT2D eigenvalue weighted by Gasteiger charge is -2.25. The smallest absolute Gasteiger partial charge is 0.264 e. The summed E-state index contributed by atoms with van der Waals surface area (Å²) in [7, 11) is 1.64. The van der Waals surface area contributed by atoms with Gasteiger partial charge in [-0.25, -0.2) is 4.98 Å². The Bertz CT molecular complexity index is 439. The number of methoxy groups -OCH3 is 1. The highest BCUT2D eigenvalue weighted by Gasteiger charge is 2.28. The maximum Gasteiger partial charge on any atom is 0.264 e. The number of hydrogen-bond acceptors (Lipinski definition) is 3. The van der Waals surface area contributed by atoms with Crippen LogP contribution in [0.25, 0.3) is 0 Å². The van der Waals surface area contributed by atoms with Crippen molar-refractivity contribution in [1.82, 2.24) is 9.97 Å². The Balaban J connectivity index is 3.32. The summed E-state index contributed by atoms with van der Waals surface area (Å²) in [6.45, 7) is 6.03. The number of ether oxygens (including phenoxy) is 1. The second-order valence-corrected chi connectivity index (χ2v) is 5.29. The molecule has 1 rings (SSSR count). The fraction of sp³-hybridized carbons (Fsp3) is 0.667. The van der Waals surface area contributed by atoms with Crippen molar-refractivity contribution in [1.29, 1.82) is 0 Å². The van der Waals surface area contributed by atoms with E-state index in [1.165, 1.54) is 0 Å². The van der Waals surface area contributed by atoms with E-state index in [4.69, 9.17) is 4.74 Å². The monoisotopic (exact) mass is 350 g/mol. The van der Waals surface area contributed by atoms with Crippen molar-refractivity contribution in [3.05, 3.63) is 25.4 Å². The van der Waals surface area contributed by atoms with Crippen LogP contribution in [0.4, 0.5) is 0 Å². The SMILES string of the molecule is CCCc1nc(C(C)(CC)OC)[nH]c(=O)c1I. The predicted molar refractivity (Wildman–Crippen MR) is 76.2 cm³/mol. The van der Waals surface area contributed by atoms with Crippen LogP contribution < -0.4 is 5.56 Å². The summed E-state index contributed by atoms with van der Waals surface area (Å²) in [5, 5.41) is 0. The Labute approximate surface area is 115 Å². The molecule has 1 heterocycles. The number of halogens is 1. The fourth-order valence-corrected chi connectivity index (χ4v) is 2.09. The average molecular weight is 350 g/mol. The molecule has 4 nitrogen and oxygen atoms in total. The third kappa shape index (κ3) is 3.07. The summed E-state index contributed by atoms with van der Waals surface area (Å²) >= 11 is 2.05.